The van der Waals surface area contributed by atoms with Gasteiger partial charge in [0, 0.05) is 11.3 Å². The highest BCUT2D eigenvalue weighted by Gasteiger charge is 2.27. The Morgan fingerprint density at radius 3 is 2.83 bits per heavy atom. The number of hydrazine groups is 1. The first-order valence-electron chi connectivity index (χ1n) is 4.87. The quantitative estimate of drug-likeness (QED) is 0.521. The fourth-order valence-corrected chi connectivity index (χ4v) is 3.30. The van der Waals surface area contributed by atoms with Gasteiger partial charge < -0.3 is 0 Å². The van der Waals surface area contributed by atoms with Crippen LogP contribution in [0.5, 0.6) is 0 Å². The SMILES string of the molecule is CCC(C)C(NN)C1CCCS1. The van der Waals surface area contributed by atoms with E-state index in [0.717, 1.165) is 5.25 Å². The zero-order valence-corrected chi connectivity index (χ0v) is 8.86. The number of hydrogen-bond donors (Lipinski definition) is 2. The topological polar surface area (TPSA) is 38.0 Å². The second kappa shape index (κ2) is 5.10. The van der Waals surface area contributed by atoms with Crippen LogP contribution in [0.3, 0.4) is 0 Å². The molecule has 1 saturated heterocycles. The maximum Gasteiger partial charge on any atom is 0.0354 e. The normalized spacial score (nSPS) is 28.8. The lowest BCUT2D eigenvalue weighted by molar-refractivity contribution is 0.358. The lowest BCUT2D eigenvalue weighted by atomic mass is 9.95. The van der Waals surface area contributed by atoms with Crippen molar-refractivity contribution in [3.8, 4) is 0 Å². The van der Waals surface area contributed by atoms with Crippen molar-refractivity contribution in [2.24, 2.45) is 11.8 Å². The van der Waals surface area contributed by atoms with Crippen LogP contribution in [-0.4, -0.2) is 17.0 Å². The zero-order valence-electron chi connectivity index (χ0n) is 8.05. The fourth-order valence-electron chi connectivity index (χ4n) is 1.78. The molecule has 0 aliphatic carbocycles. The third-order valence-corrected chi connectivity index (χ3v) is 4.30. The molecule has 1 heterocycles. The Labute approximate surface area is 79.6 Å². The van der Waals surface area contributed by atoms with Crippen LogP contribution in [0.4, 0.5) is 0 Å². The number of hydrogen-bond acceptors (Lipinski definition) is 3. The molecule has 2 nitrogen and oxygen atoms in total. The van der Waals surface area contributed by atoms with E-state index >= 15 is 0 Å². The van der Waals surface area contributed by atoms with Gasteiger partial charge in [0.05, 0.1) is 0 Å². The maximum atomic E-state index is 5.57. The van der Waals surface area contributed by atoms with Gasteiger partial charge in [-0.3, -0.25) is 11.3 Å². The highest BCUT2D eigenvalue weighted by atomic mass is 32.2. The summed E-state index contributed by atoms with van der Waals surface area (Å²) >= 11 is 2.08. The van der Waals surface area contributed by atoms with Crippen molar-refractivity contribution in [2.45, 2.75) is 44.4 Å². The molecule has 3 heteroatoms. The molecule has 0 amide bonds. The minimum absolute atomic E-state index is 0.516. The van der Waals surface area contributed by atoms with Crippen LogP contribution in [0, 0.1) is 5.92 Å². The Morgan fingerprint density at radius 1 is 1.67 bits per heavy atom. The number of nitrogens with two attached hydrogens (primary N) is 1. The molecule has 1 fully saturated rings. The van der Waals surface area contributed by atoms with Crippen LogP contribution in [-0.2, 0) is 0 Å². The third-order valence-electron chi connectivity index (χ3n) is 2.81. The summed E-state index contributed by atoms with van der Waals surface area (Å²) in [6, 6.07) is 0.516. The summed E-state index contributed by atoms with van der Waals surface area (Å²) < 4.78 is 0. The van der Waals surface area contributed by atoms with Crippen molar-refractivity contribution in [3.05, 3.63) is 0 Å². The molecule has 0 aromatic carbocycles. The molecule has 0 aromatic heterocycles. The summed E-state index contributed by atoms with van der Waals surface area (Å²) in [5.41, 5.74) is 2.97. The molecule has 1 rings (SSSR count). The summed E-state index contributed by atoms with van der Waals surface area (Å²) in [5, 5.41) is 0.755. The summed E-state index contributed by atoms with van der Waals surface area (Å²) in [6.07, 6.45) is 3.92. The molecular weight excluding hydrogens is 168 g/mol. The monoisotopic (exact) mass is 188 g/mol. The lowest BCUT2D eigenvalue weighted by Gasteiger charge is -2.27. The number of thioether (sulfide) groups is 1. The summed E-state index contributed by atoms with van der Waals surface area (Å²) in [7, 11) is 0. The van der Waals surface area contributed by atoms with Gasteiger partial charge in [-0.05, 0) is 24.5 Å². The molecule has 0 radical (unpaired) electrons. The molecule has 72 valence electrons. The molecule has 3 N–H and O–H groups in total. The van der Waals surface area contributed by atoms with E-state index < -0.39 is 0 Å². The van der Waals surface area contributed by atoms with E-state index in [-0.39, 0.29) is 0 Å². The highest BCUT2D eigenvalue weighted by molar-refractivity contribution is 8.00. The van der Waals surface area contributed by atoms with Gasteiger partial charge >= 0.3 is 0 Å². The molecule has 0 bridgehead atoms. The third kappa shape index (κ3) is 2.38. The predicted molar refractivity (Wildman–Crippen MR) is 56.0 cm³/mol. The molecule has 3 atom stereocenters. The van der Waals surface area contributed by atoms with E-state index in [0.29, 0.717) is 12.0 Å². The summed E-state index contributed by atoms with van der Waals surface area (Å²) in [6.45, 7) is 4.51. The minimum Gasteiger partial charge on any atom is -0.271 e. The fraction of sp³-hybridized carbons (Fsp3) is 1.00. The Balaban J connectivity index is 2.42. The van der Waals surface area contributed by atoms with Gasteiger partial charge in [-0.1, -0.05) is 20.3 Å². The van der Waals surface area contributed by atoms with E-state index in [1.54, 1.807) is 0 Å². The van der Waals surface area contributed by atoms with Gasteiger partial charge in [0.1, 0.15) is 0 Å². The van der Waals surface area contributed by atoms with Crippen molar-refractivity contribution >= 4 is 11.8 Å². The average Bonchev–Trinajstić information content (AvgIpc) is 2.58. The van der Waals surface area contributed by atoms with Gasteiger partial charge in [0.15, 0.2) is 0 Å². The van der Waals surface area contributed by atoms with E-state index in [2.05, 4.69) is 31.0 Å². The molecule has 0 spiro atoms. The van der Waals surface area contributed by atoms with Crippen molar-refractivity contribution < 1.29 is 0 Å². The Kier molecular flexibility index (Phi) is 4.40. The second-order valence-electron chi connectivity index (χ2n) is 3.63. The average molecular weight is 188 g/mol. The summed E-state index contributed by atoms with van der Waals surface area (Å²) in [5.74, 6) is 7.58. The van der Waals surface area contributed by atoms with Crippen molar-refractivity contribution in [1.29, 1.82) is 0 Å². The van der Waals surface area contributed by atoms with Crippen LogP contribution >= 0.6 is 11.8 Å². The van der Waals surface area contributed by atoms with Gasteiger partial charge in [0.2, 0.25) is 0 Å². The summed E-state index contributed by atoms with van der Waals surface area (Å²) in [4.78, 5) is 0. The van der Waals surface area contributed by atoms with Crippen LogP contribution in [0.2, 0.25) is 0 Å². The van der Waals surface area contributed by atoms with Crippen LogP contribution in [0.25, 0.3) is 0 Å². The van der Waals surface area contributed by atoms with Crippen molar-refractivity contribution in [3.63, 3.8) is 0 Å². The zero-order chi connectivity index (χ0) is 8.97. The van der Waals surface area contributed by atoms with Crippen LogP contribution in [0.15, 0.2) is 0 Å². The van der Waals surface area contributed by atoms with E-state index in [9.17, 15) is 0 Å². The first-order chi connectivity index (χ1) is 5.79. The van der Waals surface area contributed by atoms with Crippen molar-refractivity contribution in [1.82, 2.24) is 5.43 Å². The molecule has 1 aliphatic heterocycles. The van der Waals surface area contributed by atoms with E-state index in [4.69, 9.17) is 5.84 Å². The first kappa shape index (κ1) is 10.4. The Hall–Kier alpha value is 0.270. The minimum atomic E-state index is 0.516. The molecule has 1 aliphatic rings. The van der Waals surface area contributed by atoms with E-state index in [1.807, 2.05) is 0 Å². The first-order valence-corrected chi connectivity index (χ1v) is 5.92. The second-order valence-corrected chi connectivity index (χ2v) is 4.98. The molecule has 3 unspecified atom stereocenters. The number of rotatable bonds is 4. The molecule has 12 heavy (non-hydrogen) atoms. The van der Waals surface area contributed by atoms with Gasteiger partial charge in [-0.2, -0.15) is 11.8 Å². The predicted octanol–water partition coefficient (Wildman–Crippen LogP) is 1.76. The Bertz CT molecular complexity index is 124. The van der Waals surface area contributed by atoms with E-state index in [1.165, 1.54) is 25.0 Å². The van der Waals surface area contributed by atoms with Gasteiger partial charge in [-0.25, -0.2) is 0 Å². The molecule has 0 saturated carbocycles. The van der Waals surface area contributed by atoms with Crippen LogP contribution < -0.4 is 11.3 Å². The van der Waals surface area contributed by atoms with Gasteiger partial charge in [0.25, 0.3) is 0 Å². The molecule has 0 aromatic rings. The number of nitrogens with one attached hydrogen (secondary N) is 1. The van der Waals surface area contributed by atoms with Crippen LogP contribution in [0.1, 0.15) is 33.1 Å². The largest absolute Gasteiger partial charge is 0.271 e. The Morgan fingerprint density at radius 2 is 2.42 bits per heavy atom. The standard InChI is InChI=1S/C9H20N2S/c1-3-7(2)9(11-10)8-5-4-6-12-8/h7-9,11H,3-6,10H2,1-2H3. The van der Waals surface area contributed by atoms with Gasteiger partial charge in [-0.15, -0.1) is 0 Å². The smallest absolute Gasteiger partial charge is 0.0354 e. The molecular formula is C9H20N2S. The van der Waals surface area contributed by atoms with Crippen molar-refractivity contribution in [2.75, 3.05) is 5.75 Å². The maximum absolute atomic E-state index is 5.57. The highest BCUT2D eigenvalue weighted by Crippen LogP contribution is 2.31. The lowest BCUT2D eigenvalue weighted by Crippen LogP contribution is -2.46.